The molecule has 0 saturated heterocycles. The molecule has 9 aromatic carbocycles. The molecule has 13 rings (SSSR count). The molecule has 7 nitrogen and oxygen atoms in total. The Balaban J connectivity index is 1.16. The lowest BCUT2D eigenvalue weighted by Gasteiger charge is -2.14. The minimum absolute atomic E-state index is 0.391. The van der Waals surface area contributed by atoms with Crippen molar-refractivity contribution in [1.82, 2.24) is 24.1 Å². The number of fused-ring (bicyclic) bond motifs is 9. The van der Waals surface area contributed by atoms with Crippen molar-refractivity contribution < 1.29 is 4.42 Å². The van der Waals surface area contributed by atoms with Crippen molar-refractivity contribution in [2.45, 2.75) is 0 Å². The third-order valence-corrected chi connectivity index (χ3v) is 12.6. The highest BCUT2D eigenvalue weighted by atomic mass is 16.3. The van der Waals surface area contributed by atoms with Gasteiger partial charge in [0.15, 0.2) is 23.1 Å². The Labute approximate surface area is 372 Å². The lowest BCUT2D eigenvalue weighted by atomic mass is 9.98. The van der Waals surface area contributed by atoms with Crippen molar-refractivity contribution in [2.75, 3.05) is 0 Å². The van der Waals surface area contributed by atoms with Crippen LogP contribution in [-0.2, 0) is 0 Å². The first-order chi connectivity index (χ1) is 32.2. The summed E-state index contributed by atoms with van der Waals surface area (Å²) in [7, 11) is 0. The molecule has 0 spiro atoms. The summed E-state index contributed by atoms with van der Waals surface area (Å²) in [6.07, 6.45) is 0. The van der Waals surface area contributed by atoms with E-state index in [0.29, 0.717) is 39.8 Å². The Morgan fingerprint density at radius 2 is 0.923 bits per heavy atom. The van der Waals surface area contributed by atoms with Gasteiger partial charge in [0.1, 0.15) is 5.58 Å². The van der Waals surface area contributed by atoms with Gasteiger partial charge >= 0.3 is 0 Å². The first-order valence-corrected chi connectivity index (χ1v) is 21.6. The van der Waals surface area contributed by atoms with Gasteiger partial charge in [0.05, 0.1) is 39.4 Å². The van der Waals surface area contributed by atoms with Gasteiger partial charge in [-0.1, -0.05) is 152 Å². The van der Waals surface area contributed by atoms with Crippen LogP contribution in [0.2, 0.25) is 0 Å². The molecule has 302 valence electrons. The molecule has 0 N–H and O–H groups in total. The number of nitrogens with zero attached hydrogens (tertiary/aromatic N) is 6. The van der Waals surface area contributed by atoms with E-state index in [2.05, 4.69) is 124 Å². The zero-order valence-corrected chi connectivity index (χ0v) is 34.7. The maximum atomic E-state index is 11.3. The summed E-state index contributed by atoms with van der Waals surface area (Å²) >= 11 is 0. The number of hydrogen-bond donors (Lipinski definition) is 0. The van der Waals surface area contributed by atoms with Crippen LogP contribution in [0.4, 0.5) is 0 Å². The average molecular weight is 831 g/mol. The van der Waals surface area contributed by atoms with Gasteiger partial charge in [-0.25, -0.2) is 15.0 Å². The van der Waals surface area contributed by atoms with Gasteiger partial charge in [-0.15, -0.1) is 0 Å². The first kappa shape index (κ1) is 36.5. The summed E-state index contributed by atoms with van der Waals surface area (Å²) in [5.41, 5.74) is 12.3. The maximum absolute atomic E-state index is 11.3. The monoisotopic (exact) mass is 830 g/mol. The molecule has 0 aliphatic carbocycles. The van der Waals surface area contributed by atoms with Crippen LogP contribution in [0.25, 0.3) is 122 Å². The summed E-state index contributed by atoms with van der Waals surface area (Å²) in [4.78, 5) is 15.3. The Morgan fingerprint density at radius 3 is 1.60 bits per heavy atom. The van der Waals surface area contributed by atoms with Gasteiger partial charge < -0.3 is 13.6 Å². The Bertz CT molecular complexity index is 3990. The lowest BCUT2D eigenvalue weighted by molar-refractivity contribution is 0.666. The minimum Gasteiger partial charge on any atom is -0.454 e. The van der Waals surface area contributed by atoms with Crippen molar-refractivity contribution in [1.29, 1.82) is 5.26 Å². The molecule has 0 aliphatic heterocycles. The SMILES string of the molecule is N#Cc1cc(-n2c3ccc(-c4ccccc4)cc3c3cc4c(cc32)c2ccccc2n4-c2ccccc2)c2oc3ccccc3c2c1-c1nc(-c2ccccc2)nc(-c2ccccc2)n1. The quantitative estimate of drug-likeness (QED) is 0.167. The molecular weight excluding hydrogens is 797 g/mol. The summed E-state index contributed by atoms with van der Waals surface area (Å²) < 4.78 is 11.6. The average Bonchev–Trinajstić information content (AvgIpc) is 4.03. The van der Waals surface area contributed by atoms with E-state index in [1.807, 2.05) is 97.1 Å². The van der Waals surface area contributed by atoms with Crippen LogP contribution in [-0.4, -0.2) is 24.1 Å². The van der Waals surface area contributed by atoms with E-state index in [0.717, 1.165) is 88.0 Å². The highest BCUT2D eigenvalue weighted by molar-refractivity contribution is 6.21. The van der Waals surface area contributed by atoms with Gasteiger partial charge in [0.2, 0.25) is 0 Å². The van der Waals surface area contributed by atoms with Crippen molar-refractivity contribution in [3.05, 3.63) is 212 Å². The van der Waals surface area contributed by atoms with E-state index in [-0.39, 0.29) is 0 Å². The van der Waals surface area contributed by atoms with Crippen LogP contribution in [0.3, 0.4) is 0 Å². The largest absolute Gasteiger partial charge is 0.454 e. The molecule has 7 heteroatoms. The summed E-state index contributed by atoms with van der Waals surface area (Å²) in [6, 6.07) is 73.3. The number of benzene rings is 9. The molecule has 0 saturated carbocycles. The smallest absolute Gasteiger partial charge is 0.166 e. The summed E-state index contributed by atoms with van der Waals surface area (Å²) in [6.45, 7) is 0. The number of nitriles is 1. The highest BCUT2D eigenvalue weighted by Gasteiger charge is 2.27. The fourth-order valence-corrected chi connectivity index (χ4v) is 9.70. The standard InChI is InChI=1S/C58H34N6O/c59-35-40-32-51(55-54(43-26-14-16-28-52(43)65-55)53(40)58-61-56(37-19-7-2-8-20-37)60-57(62-58)38-21-9-3-10-22-38)64-48-30-29-39(36-17-5-1-6-18-36)31-44(48)46-34-49-45(33-50(46)64)42-25-13-15-27-47(42)63(49)41-23-11-4-12-24-41/h1-34H. The van der Waals surface area contributed by atoms with Crippen molar-refractivity contribution in [3.63, 3.8) is 0 Å². The summed E-state index contributed by atoms with van der Waals surface area (Å²) in [5.74, 6) is 1.42. The number of para-hydroxylation sites is 3. The number of aromatic nitrogens is 5. The van der Waals surface area contributed by atoms with Gasteiger partial charge in [-0.05, 0) is 65.7 Å². The zero-order chi connectivity index (χ0) is 43.0. The van der Waals surface area contributed by atoms with E-state index in [1.54, 1.807) is 0 Å². The topological polar surface area (TPSA) is 85.5 Å². The molecule has 65 heavy (non-hydrogen) atoms. The van der Waals surface area contributed by atoms with Gasteiger partial charge in [0, 0.05) is 54.7 Å². The van der Waals surface area contributed by atoms with Crippen LogP contribution in [0.1, 0.15) is 5.56 Å². The molecular formula is C58H34N6O. The molecule has 0 unspecified atom stereocenters. The summed E-state index contributed by atoms with van der Waals surface area (Å²) in [5, 5.41) is 17.4. The van der Waals surface area contributed by atoms with Gasteiger partial charge in [0.25, 0.3) is 0 Å². The van der Waals surface area contributed by atoms with E-state index >= 15 is 0 Å². The van der Waals surface area contributed by atoms with Crippen LogP contribution < -0.4 is 0 Å². The van der Waals surface area contributed by atoms with Gasteiger partial charge in [-0.2, -0.15) is 5.26 Å². The molecule has 0 bridgehead atoms. The predicted molar refractivity (Wildman–Crippen MR) is 262 cm³/mol. The van der Waals surface area contributed by atoms with Gasteiger partial charge in [-0.3, -0.25) is 0 Å². The minimum atomic E-state index is 0.391. The number of hydrogen-bond acceptors (Lipinski definition) is 5. The molecule has 0 fully saturated rings. The fourth-order valence-electron chi connectivity index (χ4n) is 9.70. The van der Waals surface area contributed by atoms with Crippen LogP contribution in [0, 0.1) is 11.3 Å². The number of rotatable bonds is 6. The normalized spacial score (nSPS) is 11.7. The fraction of sp³-hybridized carbons (Fsp3) is 0. The molecule has 13 aromatic rings. The van der Waals surface area contributed by atoms with Crippen molar-refractivity contribution in [3.8, 4) is 62.7 Å². The van der Waals surface area contributed by atoms with Crippen molar-refractivity contribution in [2.24, 2.45) is 0 Å². The number of furan rings is 1. The second-order valence-electron chi connectivity index (χ2n) is 16.3. The van der Waals surface area contributed by atoms with Crippen LogP contribution in [0.15, 0.2) is 211 Å². The van der Waals surface area contributed by atoms with Crippen LogP contribution in [0.5, 0.6) is 0 Å². The molecule has 4 aromatic heterocycles. The molecule has 0 atom stereocenters. The Hall–Kier alpha value is -9.12. The molecule has 0 amide bonds. The maximum Gasteiger partial charge on any atom is 0.166 e. The first-order valence-electron chi connectivity index (χ1n) is 21.6. The predicted octanol–water partition coefficient (Wildman–Crippen LogP) is 14.5. The molecule has 4 heterocycles. The van der Waals surface area contributed by atoms with E-state index in [9.17, 15) is 5.26 Å². The second kappa shape index (κ2) is 14.5. The molecule has 0 radical (unpaired) electrons. The van der Waals surface area contributed by atoms with Crippen LogP contribution >= 0.6 is 0 Å². The second-order valence-corrected chi connectivity index (χ2v) is 16.3. The third kappa shape index (κ3) is 5.71. The third-order valence-electron chi connectivity index (χ3n) is 12.6. The van der Waals surface area contributed by atoms with E-state index in [1.165, 1.54) is 0 Å². The highest BCUT2D eigenvalue weighted by Crippen LogP contribution is 2.46. The zero-order valence-electron chi connectivity index (χ0n) is 34.7. The lowest BCUT2D eigenvalue weighted by Crippen LogP contribution is -2.03. The van der Waals surface area contributed by atoms with E-state index in [4.69, 9.17) is 19.4 Å². The van der Waals surface area contributed by atoms with E-state index < -0.39 is 0 Å². The molecule has 0 aliphatic rings. The Morgan fingerprint density at radius 1 is 0.400 bits per heavy atom. The van der Waals surface area contributed by atoms with Crippen molar-refractivity contribution >= 4 is 65.6 Å². The Kier molecular flexibility index (Phi) is 8.14.